The van der Waals surface area contributed by atoms with E-state index in [1.165, 1.54) is 7.11 Å². The maximum absolute atomic E-state index is 11.4. The zero-order chi connectivity index (χ0) is 13.5. The highest BCUT2D eigenvalue weighted by Gasteiger charge is 2.54. The Morgan fingerprint density at radius 3 is 2.28 bits per heavy atom. The van der Waals surface area contributed by atoms with Crippen LogP contribution < -0.4 is 9.47 Å². The molecule has 1 aromatic carbocycles. The maximum Gasteiger partial charge on any atom is 0.314 e. The van der Waals surface area contributed by atoms with E-state index < -0.39 is 11.4 Å². The molecular formula is C13H15BrO4. The van der Waals surface area contributed by atoms with Gasteiger partial charge in [-0.1, -0.05) is 15.9 Å². The number of methoxy groups -OCH3 is 2. The van der Waals surface area contributed by atoms with Crippen molar-refractivity contribution in [2.75, 3.05) is 14.2 Å². The molecule has 4 nitrogen and oxygen atoms in total. The van der Waals surface area contributed by atoms with Crippen LogP contribution in [0.15, 0.2) is 10.5 Å². The number of carbonyl (C=O) groups is 1. The third-order valence-corrected chi connectivity index (χ3v) is 4.33. The van der Waals surface area contributed by atoms with Crippen molar-refractivity contribution >= 4 is 21.9 Å². The molecule has 1 saturated carbocycles. The smallest absolute Gasteiger partial charge is 0.314 e. The Kier molecular flexibility index (Phi) is 3.27. The summed E-state index contributed by atoms with van der Waals surface area (Å²) in [5, 5.41) is 9.39. The Labute approximate surface area is 114 Å². The number of aliphatic carboxylic acids is 1. The zero-order valence-corrected chi connectivity index (χ0v) is 12.1. The number of carboxylic acids is 1. The number of halogens is 1. The lowest BCUT2D eigenvalue weighted by Gasteiger charge is -2.20. The van der Waals surface area contributed by atoms with Crippen molar-refractivity contribution in [3.63, 3.8) is 0 Å². The highest BCUT2D eigenvalue weighted by atomic mass is 79.9. The Morgan fingerprint density at radius 2 is 1.89 bits per heavy atom. The summed E-state index contributed by atoms with van der Waals surface area (Å²) in [6.07, 6.45) is 1.27. The van der Waals surface area contributed by atoms with E-state index in [2.05, 4.69) is 15.9 Å². The van der Waals surface area contributed by atoms with E-state index in [1.807, 2.05) is 13.0 Å². The highest BCUT2D eigenvalue weighted by Crippen LogP contribution is 2.55. The first-order valence-electron chi connectivity index (χ1n) is 5.63. The molecule has 2 rings (SSSR count). The van der Waals surface area contributed by atoms with Gasteiger partial charge in [0.25, 0.3) is 0 Å². The summed E-state index contributed by atoms with van der Waals surface area (Å²) < 4.78 is 11.5. The minimum atomic E-state index is -0.811. The average molecular weight is 315 g/mol. The van der Waals surface area contributed by atoms with Crippen molar-refractivity contribution in [1.29, 1.82) is 0 Å². The van der Waals surface area contributed by atoms with Crippen LogP contribution in [0.1, 0.15) is 24.0 Å². The standard InChI is InChI=1S/C13H15BrO4/c1-7-9(14)6-8(11(18-3)10(7)17-2)13(4-5-13)12(15)16/h6H,4-5H2,1-3H3,(H,15,16). The quantitative estimate of drug-likeness (QED) is 0.928. The van der Waals surface area contributed by atoms with Gasteiger partial charge in [-0.15, -0.1) is 0 Å². The van der Waals surface area contributed by atoms with Crippen molar-refractivity contribution in [3.05, 3.63) is 21.7 Å². The van der Waals surface area contributed by atoms with E-state index in [-0.39, 0.29) is 0 Å². The second-order valence-electron chi connectivity index (χ2n) is 4.48. The first-order valence-corrected chi connectivity index (χ1v) is 6.42. The van der Waals surface area contributed by atoms with Gasteiger partial charge in [0.05, 0.1) is 19.6 Å². The Balaban J connectivity index is 2.68. The molecule has 0 radical (unpaired) electrons. The van der Waals surface area contributed by atoms with E-state index in [0.29, 0.717) is 29.9 Å². The summed E-state index contributed by atoms with van der Waals surface area (Å²) in [4.78, 5) is 11.4. The molecule has 98 valence electrons. The number of benzene rings is 1. The van der Waals surface area contributed by atoms with Crippen LogP contribution >= 0.6 is 15.9 Å². The van der Waals surface area contributed by atoms with Crippen molar-refractivity contribution < 1.29 is 19.4 Å². The van der Waals surface area contributed by atoms with Crippen LogP contribution in [-0.2, 0) is 10.2 Å². The predicted octanol–water partition coefficient (Wildman–Crippen LogP) is 2.89. The maximum atomic E-state index is 11.4. The minimum absolute atomic E-state index is 0.526. The topological polar surface area (TPSA) is 55.8 Å². The Bertz CT molecular complexity index is 506. The largest absolute Gasteiger partial charge is 0.493 e. The van der Waals surface area contributed by atoms with Gasteiger partial charge in [-0.05, 0) is 25.8 Å². The fourth-order valence-corrected chi connectivity index (χ4v) is 2.64. The normalized spacial score (nSPS) is 16.2. The number of rotatable bonds is 4. The van der Waals surface area contributed by atoms with Crippen LogP contribution in [0.25, 0.3) is 0 Å². The van der Waals surface area contributed by atoms with Gasteiger partial charge in [0.2, 0.25) is 0 Å². The Morgan fingerprint density at radius 1 is 1.33 bits per heavy atom. The molecule has 0 aliphatic heterocycles. The monoisotopic (exact) mass is 314 g/mol. The van der Waals surface area contributed by atoms with Gasteiger partial charge in [0, 0.05) is 15.6 Å². The molecule has 1 N–H and O–H groups in total. The van der Waals surface area contributed by atoms with E-state index in [1.54, 1.807) is 7.11 Å². The summed E-state index contributed by atoms with van der Waals surface area (Å²) in [5.41, 5.74) is 0.778. The third-order valence-electron chi connectivity index (χ3n) is 3.50. The lowest BCUT2D eigenvalue weighted by molar-refractivity contribution is -0.140. The molecule has 1 fully saturated rings. The van der Waals surface area contributed by atoms with Gasteiger partial charge in [-0.3, -0.25) is 4.79 Å². The minimum Gasteiger partial charge on any atom is -0.493 e. The second kappa shape index (κ2) is 4.46. The first kappa shape index (κ1) is 13.2. The lowest BCUT2D eigenvalue weighted by atomic mass is 9.93. The summed E-state index contributed by atoms with van der Waals surface area (Å²) in [6.45, 7) is 1.90. The number of hydrogen-bond acceptors (Lipinski definition) is 3. The van der Waals surface area contributed by atoms with Crippen molar-refractivity contribution in [3.8, 4) is 11.5 Å². The van der Waals surface area contributed by atoms with Gasteiger partial charge in [-0.25, -0.2) is 0 Å². The SMILES string of the molecule is COc1c(C2(C(=O)O)CC2)cc(Br)c(C)c1OC. The highest BCUT2D eigenvalue weighted by molar-refractivity contribution is 9.10. The molecule has 0 heterocycles. The number of hydrogen-bond donors (Lipinski definition) is 1. The molecule has 18 heavy (non-hydrogen) atoms. The van der Waals surface area contributed by atoms with Gasteiger partial charge in [-0.2, -0.15) is 0 Å². The van der Waals surface area contributed by atoms with Crippen LogP contribution in [0.3, 0.4) is 0 Å². The van der Waals surface area contributed by atoms with E-state index >= 15 is 0 Å². The molecule has 1 aliphatic rings. The van der Waals surface area contributed by atoms with Crippen LogP contribution in [0.4, 0.5) is 0 Å². The molecule has 5 heteroatoms. The van der Waals surface area contributed by atoms with Gasteiger partial charge < -0.3 is 14.6 Å². The Hall–Kier alpha value is -1.23. The molecule has 1 aromatic rings. The molecule has 0 atom stereocenters. The van der Waals surface area contributed by atoms with Gasteiger partial charge >= 0.3 is 5.97 Å². The molecule has 0 saturated heterocycles. The summed E-state index contributed by atoms with van der Waals surface area (Å²) >= 11 is 3.44. The molecule has 0 amide bonds. The van der Waals surface area contributed by atoms with E-state index in [9.17, 15) is 9.90 Å². The zero-order valence-electron chi connectivity index (χ0n) is 10.5. The fraction of sp³-hybridized carbons (Fsp3) is 0.462. The molecule has 0 aromatic heterocycles. The predicted molar refractivity (Wildman–Crippen MR) is 70.5 cm³/mol. The number of carboxylic acid groups (broad SMARTS) is 1. The van der Waals surface area contributed by atoms with Crippen molar-refractivity contribution in [2.24, 2.45) is 0 Å². The molecular weight excluding hydrogens is 300 g/mol. The third kappa shape index (κ3) is 1.77. The van der Waals surface area contributed by atoms with Crippen LogP contribution in [-0.4, -0.2) is 25.3 Å². The van der Waals surface area contributed by atoms with Gasteiger partial charge in [0.15, 0.2) is 11.5 Å². The van der Waals surface area contributed by atoms with Gasteiger partial charge in [0.1, 0.15) is 0 Å². The molecule has 0 spiro atoms. The van der Waals surface area contributed by atoms with Crippen LogP contribution in [0, 0.1) is 6.92 Å². The first-order chi connectivity index (χ1) is 8.47. The fourth-order valence-electron chi connectivity index (χ4n) is 2.23. The second-order valence-corrected chi connectivity index (χ2v) is 5.34. The van der Waals surface area contributed by atoms with Crippen LogP contribution in [0.2, 0.25) is 0 Å². The average Bonchev–Trinajstić information content (AvgIpc) is 3.13. The van der Waals surface area contributed by atoms with Crippen molar-refractivity contribution in [1.82, 2.24) is 0 Å². The lowest BCUT2D eigenvalue weighted by Crippen LogP contribution is -2.21. The summed E-state index contributed by atoms with van der Waals surface area (Å²) in [7, 11) is 3.09. The molecule has 1 aliphatic carbocycles. The van der Waals surface area contributed by atoms with E-state index in [0.717, 1.165) is 10.0 Å². The summed E-state index contributed by atoms with van der Waals surface area (Å²) in [6, 6.07) is 1.83. The molecule has 0 unspecified atom stereocenters. The van der Waals surface area contributed by atoms with Crippen molar-refractivity contribution in [2.45, 2.75) is 25.2 Å². The van der Waals surface area contributed by atoms with E-state index in [4.69, 9.17) is 9.47 Å². The van der Waals surface area contributed by atoms with Crippen LogP contribution in [0.5, 0.6) is 11.5 Å². The summed E-state index contributed by atoms with van der Waals surface area (Å²) in [5.74, 6) is 0.311. The number of ether oxygens (including phenoxy) is 2. The molecule has 0 bridgehead atoms.